The summed E-state index contributed by atoms with van der Waals surface area (Å²) >= 11 is 0. The maximum atomic E-state index is 13.5. The minimum absolute atomic E-state index is 0.0907. The standard InChI is InChI=1S/C27H26F3N3O6S/c28-27(29,30)20-8-10-23(11-9-20)39-33(21-4-2-1-3-5-21)40(37,38)24-12-6-19(7-13-24)26(36)31-18-25(35)32-16-14-22(34)15-17-32/h1-13,22,34H,14-18H2,(H,31,36). The van der Waals surface area contributed by atoms with Crippen molar-refractivity contribution < 1.29 is 41.1 Å². The first-order valence-corrected chi connectivity index (χ1v) is 13.7. The summed E-state index contributed by atoms with van der Waals surface area (Å²) in [7, 11) is -4.40. The molecule has 1 aliphatic rings. The molecular formula is C27H26F3N3O6S. The van der Waals surface area contributed by atoms with E-state index in [1.54, 1.807) is 23.1 Å². The number of alkyl halides is 3. The van der Waals surface area contributed by atoms with E-state index in [1.165, 1.54) is 36.4 Å². The molecule has 4 rings (SSSR count). The number of carbonyl (C=O) groups is 2. The van der Waals surface area contributed by atoms with Gasteiger partial charge in [0.2, 0.25) is 5.91 Å². The zero-order valence-corrected chi connectivity index (χ0v) is 21.9. The van der Waals surface area contributed by atoms with Crippen LogP contribution in [-0.4, -0.2) is 56.0 Å². The van der Waals surface area contributed by atoms with Gasteiger partial charge in [0.1, 0.15) is 0 Å². The predicted octanol–water partition coefficient (Wildman–Crippen LogP) is 3.61. The van der Waals surface area contributed by atoms with Crippen LogP contribution in [-0.2, 0) is 21.0 Å². The van der Waals surface area contributed by atoms with E-state index in [1.807, 2.05) is 0 Å². The Hall–Kier alpha value is -4.10. The largest absolute Gasteiger partial charge is 0.416 e. The van der Waals surface area contributed by atoms with Crippen LogP contribution >= 0.6 is 0 Å². The molecular weight excluding hydrogens is 551 g/mol. The second-order valence-electron chi connectivity index (χ2n) is 9.00. The van der Waals surface area contributed by atoms with Crippen LogP contribution in [0.2, 0.25) is 0 Å². The molecule has 0 spiro atoms. The molecule has 0 saturated carbocycles. The molecule has 0 bridgehead atoms. The summed E-state index contributed by atoms with van der Waals surface area (Å²) in [5.41, 5.74) is -0.719. The Morgan fingerprint density at radius 3 is 2.12 bits per heavy atom. The molecule has 1 heterocycles. The summed E-state index contributed by atoms with van der Waals surface area (Å²) in [6.07, 6.45) is -4.06. The second-order valence-corrected chi connectivity index (χ2v) is 10.8. The number of benzene rings is 3. The van der Waals surface area contributed by atoms with E-state index in [0.29, 0.717) is 30.4 Å². The average molecular weight is 578 g/mol. The number of amides is 2. The molecule has 212 valence electrons. The van der Waals surface area contributed by atoms with Crippen molar-refractivity contribution in [2.45, 2.75) is 30.0 Å². The number of carbonyl (C=O) groups excluding carboxylic acids is 2. The van der Waals surface area contributed by atoms with Crippen molar-refractivity contribution in [3.8, 4) is 5.75 Å². The molecule has 9 nitrogen and oxygen atoms in total. The first-order chi connectivity index (χ1) is 18.9. The maximum Gasteiger partial charge on any atom is 0.416 e. The van der Waals surface area contributed by atoms with Crippen LogP contribution in [0.1, 0.15) is 28.8 Å². The highest BCUT2D eigenvalue weighted by molar-refractivity contribution is 7.92. The zero-order chi connectivity index (χ0) is 28.9. The SMILES string of the molecule is O=C(NCC(=O)N1CCC(O)CC1)c1ccc(S(=O)(=O)N(Oc2ccc(C(F)(F)F)cc2)c2ccccc2)cc1. The molecule has 0 aromatic heterocycles. The number of nitrogens with one attached hydrogen (secondary N) is 1. The number of halogens is 3. The summed E-state index contributed by atoms with van der Waals surface area (Å²) in [6, 6.07) is 16.2. The predicted molar refractivity (Wildman–Crippen MR) is 139 cm³/mol. The van der Waals surface area contributed by atoms with Crippen LogP contribution in [0.15, 0.2) is 83.8 Å². The lowest BCUT2D eigenvalue weighted by atomic mass is 10.1. The van der Waals surface area contributed by atoms with Crippen molar-refractivity contribution in [2.75, 3.05) is 24.1 Å². The summed E-state index contributed by atoms with van der Waals surface area (Å²) < 4.78 is 66.4. The number of hydrogen-bond donors (Lipinski definition) is 2. The highest BCUT2D eigenvalue weighted by Crippen LogP contribution is 2.32. The number of nitrogens with zero attached hydrogens (tertiary/aromatic N) is 2. The Labute approximate surface area is 228 Å². The van der Waals surface area contributed by atoms with Crippen LogP contribution in [0.3, 0.4) is 0 Å². The normalized spacial score (nSPS) is 14.4. The van der Waals surface area contributed by atoms with Gasteiger partial charge in [0.15, 0.2) is 5.75 Å². The van der Waals surface area contributed by atoms with Crippen molar-refractivity contribution in [3.05, 3.63) is 90.0 Å². The van der Waals surface area contributed by atoms with Crippen molar-refractivity contribution in [1.82, 2.24) is 10.2 Å². The molecule has 2 amide bonds. The third-order valence-electron chi connectivity index (χ3n) is 6.19. The van der Waals surface area contributed by atoms with Gasteiger partial charge in [0, 0.05) is 18.7 Å². The number of rotatable bonds is 8. The van der Waals surface area contributed by atoms with Crippen LogP contribution in [0.4, 0.5) is 18.9 Å². The van der Waals surface area contributed by atoms with E-state index in [-0.39, 0.29) is 34.3 Å². The summed E-state index contributed by atoms with van der Waals surface area (Å²) in [6.45, 7) is 0.543. The molecule has 2 N–H and O–H groups in total. The minimum Gasteiger partial charge on any atom is -0.393 e. The molecule has 0 unspecified atom stereocenters. The monoisotopic (exact) mass is 577 g/mol. The fourth-order valence-electron chi connectivity index (χ4n) is 3.95. The fourth-order valence-corrected chi connectivity index (χ4v) is 5.20. The van der Waals surface area contributed by atoms with Gasteiger partial charge in [0.25, 0.3) is 15.9 Å². The van der Waals surface area contributed by atoms with Gasteiger partial charge in [0.05, 0.1) is 28.8 Å². The summed E-state index contributed by atoms with van der Waals surface area (Å²) in [5.74, 6) is -1.03. The summed E-state index contributed by atoms with van der Waals surface area (Å²) in [4.78, 5) is 31.7. The number of aliphatic hydroxyl groups excluding tert-OH is 1. The van der Waals surface area contributed by atoms with Gasteiger partial charge >= 0.3 is 6.18 Å². The fraction of sp³-hybridized carbons (Fsp3) is 0.259. The van der Waals surface area contributed by atoms with E-state index < -0.39 is 33.8 Å². The third-order valence-corrected chi connectivity index (χ3v) is 7.78. The van der Waals surface area contributed by atoms with Gasteiger partial charge in [-0.05, 0) is 73.5 Å². The molecule has 0 radical (unpaired) electrons. The minimum atomic E-state index is -4.57. The lowest BCUT2D eigenvalue weighted by Crippen LogP contribution is -2.45. The number of likely N-dealkylation sites (tertiary alicyclic amines) is 1. The van der Waals surface area contributed by atoms with E-state index in [9.17, 15) is 36.3 Å². The summed E-state index contributed by atoms with van der Waals surface area (Å²) in [5, 5.41) is 12.1. The Kier molecular flexibility index (Phi) is 8.64. The molecule has 3 aromatic carbocycles. The second kappa shape index (κ2) is 12.0. The quantitative estimate of drug-likeness (QED) is 0.396. The molecule has 1 saturated heterocycles. The molecule has 40 heavy (non-hydrogen) atoms. The Morgan fingerprint density at radius 1 is 0.950 bits per heavy atom. The topological polar surface area (TPSA) is 116 Å². The Bertz CT molecular complexity index is 1430. The van der Waals surface area contributed by atoms with Gasteiger partial charge in [-0.25, -0.2) is 0 Å². The van der Waals surface area contributed by atoms with Gasteiger partial charge in [-0.2, -0.15) is 21.6 Å². The van der Waals surface area contributed by atoms with Crippen molar-refractivity contribution in [2.24, 2.45) is 0 Å². The van der Waals surface area contributed by atoms with E-state index in [4.69, 9.17) is 4.84 Å². The van der Waals surface area contributed by atoms with Gasteiger partial charge < -0.3 is 20.2 Å². The van der Waals surface area contributed by atoms with Crippen molar-refractivity contribution in [3.63, 3.8) is 0 Å². The van der Waals surface area contributed by atoms with Gasteiger partial charge in [-0.3, -0.25) is 9.59 Å². The molecule has 0 atom stereocenters. The van der Waals surface area contributed by atoms with Crippen molar-refractivity contribution >= 4 is 27.5 Å². The molecule has 1 aliphatic heterocycles. The smallest absolute Gasteiger partial charge is 0.393 e. The third kappa shape index (κ3) is 6.90. The number of para-hydroxylation sites is 1. The van der Waals surface area contributed by atoms with E-state index in [2.05, 4.69) is 5.32 Å². The Morgan fingerprint density at radius 2 is 1.55 bits per heavy atom. The van der Waals surface area contributed by atoms with Gasteiger partial charge in [-0.1, -0.05) is 22.7 Å². The average Bonchev–Trinajstić information content (AvgIpc) is 2.95. The molecule has 3 aromatic rings. The number of anilines is 1. The van der Waals surface area contributed by atoms with Crippen LogP contribution < -0.4 is 14.6 Å². The molecule has 0 aliphatic carbocycles. The number of sulfonamides is 1. The van der Waals surface area contributed by atoms with E-state index in [0.717, 1.165) is 24.3 Å². The number of piperidine rings is 1. The van der Waals surface area contributed by atoms with Crippen LogP contribution in [0, 0.1) is 0 Å². The molecule has 13 heteroatoms. The van der Waals surface area contributed by atoms with Gasteiger partial charge in [-0.15, -0.1) is 0 Å². The first-order valence-electron chi connectivity index (χ1n) is 12.2. The molecule has 1 fully saturated rings. The Balaban J connectivity index is 1.48. The number of aliphatic hydroxyl groups is 1. The lowest BCUT2D eigenvalue weighted by Gasteiger charge is -2.29. The van der Waals surface area contributed by atoms with Crippen LogP contribution in [0.25, 0.3) is 0 Å². The zero-order valence-electron chi connectivity index (χ0n) is 21.0. The highest BCUT2D eigenvalue weighted by atomic mass is 32.2. The lowest BCUT2D eigenvalue weighted by molar-refractivity contribution is -0.137. The maximum absolute atomic E-state index is 13.5. The highest BCUT2D eigenvalue weighted by Gasteiger charge is 2.31. The van der Waals surface area contributed by atoms with Crippen molar-refractivity contribution in [1.29, 1.82) is 0 Å². The first kappa shape index (κ1) is 28.9. The number of hydrogen-bond acceptors (Lipinski definition) is 6. The van der Waals surface area contributed by atoms with E-state index >= 15 is 0 Å². The van der Waals surface area contributed by atoms with Crippen LogP contribution in [0.5, 0.6) is 5.75 Å².